The fourth-order valence-electron chi connectivity index (χ4n) is 0.289. The van der Waals surface area contributed by atoms with Gasteiger partial charge in [0.15, 0.2) is 0 Å². The van der Waals surface area contributed by atoms with E-state index >= 15 is 0 Å². The summed E-state index contributed by atoms with van der Waals surface area (Å²) >= 11 is 0. The fraction of sp³-hybridized carbons (Fsp3) is 0.286. The third kappa shape index (κ3) is 4.81. The normalized spacial score (nSPS) is 11.2. The predicted octanol–water partition coefficient (Wildman–Crippen LogP) is 1.45. The molecule has 0 unspecified atom stereocenters. The largest absolute Gasteiger partial charge is 0.405 e. The van der Waals surface area contributed by atoms with Crippen LogP contribution in [0.3, 0.4) is 0 Å². The first-order valence-corrected chi connectivity index (χ1v) is 2.90. The molecule has 2 nitrogen and oxygen atoms in total. The average molecular weight is 124 g/mol. The number of rotatable bonds is 3. The average Bonchev–Trinajstić information content (AvgIpc) is 1.89. The molecule has 0 aromatic carbocycles. The zero-order chi connectivity index (χ0) is 7.11. The number of hydrogen-bond acceptors (Lipinski definition) is 2. The predicted molar refractivity (Wildman–Crippen MR) is 41.3 cm³/mol. The van der Waals surface area contributed by atoms with Gasteiger partial charge in [-0.25, -0.2) is 0 Å². The summed E-state index contributed by atoms with van der Waals surface area (Å²) in [6.07, 6.45) is 5.62. The molecular formula is C7H12N2. The van der Waals surface area contributed by atoms with Gasteiger partial charge in [0, 0.05) is 11.9 Å². The van der Waals surface area contributed by atoms with Crippen molar-refractivity contribution in [1.82, 2.24) is 0 Å². The van der Waals surface area contributed by atoms with Crippen LogP contribution < -0.4 is 5.73 Å². The molecule has 0 heterocycles. The molecule has 0 aliphatic carbocycles. The maximum absolute atomic E-state index is 5.05. The Bertz CT molecular complexity index is 134. The lowest BCUT2D eigenvalue weighted by atomic mass is 10.4. The second kappa shape index (κ2) is 5.09. The van der Waals surface area contributed by atoms with Crippen molar-refractivity contribution in [2.45, 2.75) is 13.3 Å². The Kier molecular flexibility index (Phi) is 4.50. The molecule has 2 N–H and O–H groups in total. The van der Waals surface area contributed by atoms with E-state index in [1.165, 1.54) is 6.20 Å². The van der Waals surface area contributed by atoms with Crippen molar-refractivity contribution < 1.29 is 0 Å². The van der Waals surface area contributed by atoms with Crippen LogP contribution >= 0.6 is 0 Å². The van der Waals surface area contributed by atoms with E-state index in [9.17, 15) is 0 Å². The number of hydrogen-bond donors (Lipinski definition) is 1. The highest BCUT2D eigenvalue weighted by Crippen LogP contribution is 1.94. The number of aliphatic imine (C=N–C) groups is 1. The summed E-state index contributed by atoms with van der Waals surface area (Å²) in [4.78, 5) is 3.95. The lowest BCUT2D eigenvalue weighted by Gasteiger charge is -1.86. The van der Waals surface area contributed by atoms with Crippen LogP contribution in [0.1, 0.15) is 13.3 Å². The van der Waals surface area contributed by atoms with Crippen molar-refractivity contribution in [3.8, 4) is 0 Å². The summed E-state index contributed by atoms with van der Waals surface area (Å²) in [5, 5.41) is 0. The molecule has 0 aromatic heterocycles. The first-order valence-electron chi connectivity index (χ1n) is 2.90. The van der Waals surface area contributed by atoms with Crippen LogP contribution in [0.5, 0.6) is 0 Å². The van der Waals surface area contributed by atoms with E-state index in [-0.39, 0.29) is 0 Å². The van der Waals surface area contributed by atoms with Crippen molar-refractivity contribution in [2.24, 2.45) is 10.7 Å². The summed E-state index contributed by atoms with van der Waals surface area (Å²) in [5.41, 5.74) is 5.92. The number of nitrogens with two attached hydrogens (primary N) is 1. The molecule has 0 amide bonds. The van der Waals surface area contributed by atoms with Crippen molar-refractivity contribution in [1.29, 1.82) is 0 Å². The summed E-state index contributed by atoms with van der Waals surface area (Å²) in [6.45, 7) is 5.68. The van der Waals surface area contributed by atoms with Crippen molar-refractivity contribution in [2.75, 3.05) is 0 Å². The number of nitrogens with zero attached hydrogens (tertiary/aromatic N) is 1. The Balaban J connectivity index is 3.57. The molecule has 50 valence electrons. The van der Waals surface area contributed by atoms with Crippen LogP contribution in [0.15, 0.2) is 29.5 Å². The van der Waals surface area contributed by atoms with Gasteiger partial charge in [0.05, 0.1) is 0 Å². The Morgan fingerprint density at radius 2 is 2.44 bits per heavy atom. The summed E-state index contributed by atoms with van der Waals surface area (Å²) in [6, 6.07) is 0. The van der Waals surface area contributed by atoms with Gasteiger partial charge >= 0.3 is 0 Å². The van der Waals surface area contributed by atoms with E-state index in [0.29, 0.717) is 0 Å². The molecule has 0 bridgehead atoms. The van der Waals surface area contributed by atoms with Gasteiger partial charge in [0.25, 0.3) is 0 Å². The standard InChI is InChI=1S/C7H12N2/c1-3-7(2)9-6-4-5-8/h4-6H,2-3,8H2,1H3/b5-4-,9-6-. The quantitative estimate of drug-likeness (QED) is 0.568. The van der Waals surface area contributed by atoms with E-state index in [2.05, 4.69) is 11.6 Å². The molecular weight excluding hydrogens is 112 g/mol. The molecule has 0 saturated heterocycles. The third-order valence-corrected chi connectivity index (χ3v) is 0.862. The van der Waals surface area contributed by atoms with Gasteiger partial charge in [-0.15, -0.1) is 0 Å². The van der Waals surface area contributed by atoms with Gasteiger partial charge in [-0.2, -0.15) is 0 Å². The minimum atomic E-state index is 0.869. The molecule has 0 spiro atoms. The smallest absolute Gasteiger partial charge is 0.0329 e. The van der Waals surface area contributed by atoms with Gasteiger partial charge in [0.2, 0.25) is 0 Å². The SMILES string of the molecule is C=C(CC)/N=C\C=C/N. The Morgan fingerprint density at radius 1 is 1.78 bits per heavy atom. The van der Waals surface area contributed by atoms with Gasteiger partial charge in [-0.05, 0) is 18.7 Å². The van der Waals surface area contributed by atoms with Crippen LogP contribution in [0, 0.1) is 0 Å². The molecule has 9 heavy (non-hydrogen) atoms. The maximum Gasteiger partial charge on any atom is 0.0329 e. The highest BCUT2D eigenvalue weighted by molar-refractivity contribution is 5.71. The van der Waals surface area contributed by atoms with E-state index in [0.717, 1.165) is 12.1 Å². The molecule has 0 aromatic rings. The molecule has 2 heteroatoms. The van der Waals surface area contributed by atoms with Crippen LogP contribution in [0.2, 0.25) is 0 Å². The molecule has 0 saturated carbocycles. The summed E-state index contributed by atoms with van der Waals surface area (Å²) in [5.74, 6) is 0. The summed E-state index contributed by atoms with van der Waals surface area (Å²) in [7, 11) is 0. The molecule has 0 rings (SSSR count). The monoisotopic (exact) mass is 124 g/mol. The third-order valence-electron chi connectivity index (χ3n) is 0.862. The molecule has 0 aliphatic rings. The highest BCUT2D eigenvalue weighted by Gasteiger charge is 1.77. The van der Waals surface area contributed by atoms with E-state index < -0.39 is 0 Å². The minimum absolute atomic E-state index is 0.869. The highest BCUT2D eigenvalue weighted by atomic mass is 14.7. The van der Waals surface area contributed by atoms with Crippen LogP contribution in [0.25, 0.3) is 0 Å². The Labute approximate surface area is 55.8 Å². The van der Waals surface area contributed by atoms with Crippen molar-refractivity contribution >= 4 is 6.21 Å². The summed E-state index contributed by atoms with van der Waals surface area (Å²) < 4.78 is 0. The van der Waals surface area contributed by atoms with Crippen molar-refractivity contribution in [3.05, 3.63) is 24.6 Å². The topological polar surface area (TPSA) is 38.4 Å². The van der Waals surface area contributed by atoms with Gasteiger partial charge in [0.1, 0.15) is 0 Å². The number of allylic oxidation sites excluding steroid dienone is 2. The van der Waals surface area contributed by atoms with Gasteiger partial charge < -0.3 is 5.73 Å². The van der Waals surface area contributed by atoms with Crippen LogP contribution in [-0.4, -0.2) is 6.21 Å². The Morgan fingerprint density at radius 3 is 2.89 bits per heavy atom. The second-order valence-electron chi connectivity index (χ2n) is 1.58. The molecule has 0 radical (unpaired) electrons. The second-order valence-corrected chi connectivity index (χ2v) is 1.58. The molecule has 0 aliphatic heterocycles. The lowest BCUT2D eigenvalue weighted by molar-refractivity contribution is 1.08. The van der Waals surface area contributed by atoms with E-state index in [1.807, 2.05) is 6.92 Å². The van der Waals surface area contributed by atoms with Gasteiger partial charge in [-0.3, -0.25) is 4.99 Å². The zero-order valence-electron chi connectivity index (χ0n) is 5.67. The first kappa shape index (κ1) is 7.95. The zero-order valence-corrected chi connectivity index (χ0v) is 5.67. The van der Waals surface area contributed by atoms with Crippen LogP contribution in [-0.2, 0) is 0 Å². The van der Waals surface area contributed by atoms with Crippen LogP contribution in [0.4, 0.5) is 0 Å². The Hall–Kier alpha value is -1.05. The molecule has 0 atom stereocenters. The fourth-order valence-corrected chi connectivity index (χ4v) is 0.289. The van der Waals surface area contributed by atoms with E-state index in [1.54, 1.807) is 12.3 Å². The van der Waals surface area contributed by atoms with E-state index in [4.69, 9.17) is 5.73 Å². The first-order chi connectivity index (χ1) is 4.31. The lowest BCUT2D eigenvalue weighted by Crippen LogP contribution is -1.77. The maximum atomic E-state index is 5.05. The minimum Gasteiger partial charge on any atom is -0.405 e. The molecule has 0 fully saturated rings. The van der Waals surface area contributed by atoms with Crippen molar-refractivity contribution in [3.63, 3.8) is 0 Å². The van der Waals surface area contributed by atoms with Gasteiger partial charge in [-0.1, -0.05) is 13.5 Å².